The van der Waals surface area contributed by atoms with Crippen molar-refractivity contribution >= 4 is 51.9 Å². The number of benzene rings is 2. The molecule has 2 heterocycles. The summed E-state index contributed by atoms with van der Waals surface area (Å²) in [4.78, 5) is 27.0. The molecule has 1 fully saturated rings. The molecule has 1 aliphatic heterocycles. The number of thioether (sulfide) groups is 1. The van der Waals surface area contributed by atoms with E-state index in [1.165, 1.54) is 16.7 Å². The first-order valence-electron chi connectivity index (χ1n) is 10.7. The zero-order chi connectivity index (χ0) is 23.4. The number of furan rings is 1. The summed E-state index contributed by atoms with van der Waals surface area (Å²) in [5, 5.41) is 0. The summed E-state index contributed by atoms with van der Waals surface area (Å²) in [6.07, 6.45) is 3.53. The molecular weight excluding hydrogens is 454 g/mol. The van der Waals surface area contributed by atoms with E-state index in [1.807, 2.05) is 56.3 Å². The number of anilines is 1. The normalized spacial score (nSPS) is 14.8. The van der Waals surface area contributed by atoms with Gasteiger partial charge in [0.1, 0.15) is 11.5 Å². The fourth-order valence-corrected chi connectivity index (χ4v) is 4.54. The maximum atomic E-state index is 12.9. The van der Waals surface area contributed by atoms with E-state index in [1.54, 1.807) is 24.3 Å². The van der Waals surface area contributed by atoms with Gasteiger partial charge < -0.3 is 9.15 Å². The molecule has 1 aromatic heterocycles. The van der Waals surface area contributed by atoms with Crippen LogP contribution in [0.15, 0.2) is 70.0 Å². The zero-order valence-corrected chi connectivity index (χ0v) is 20.0. The fourth-order valence-electron chi connectivity index (χ4n) is 3.26. The minimum Gasteiger partial charge on any atom is -0.462 e. The minimum absolute atomic E-state index is 0.169. The van der Waals surface area contributed by atoms with Crippen LogP contribution in [0.5, 0.6) is 0 Å². The number of ether oxygens (including phenoxy) is 1. The van der Waals surface area contributed by atoms with Gasteiger partial charge in [-0.3, -0.25) is 9.69 Å². The van der Waals surface area contributed by atoms with Crippen LogP contribution in [0.4, 0.5) is 5.69 Å². The van der Waals surface area contributed by atoms with Gasteiger partial charge in [0.05, 0.1) is 22.8 Å². The molecule has 1 aliphatic rings. The van der Waals surface area contributed by atoms with Gasteiger partial charge in [0.15, 0.2) is 4.32 Å². The Hall–Kier alpha value is -3.16. The average Bonchev–Trinajstić information content (AvgIpc) is 3.39. The Morgan fingerprint density at radius 1 is 1.09 bits per heavy atom. The second-order valence-corrected chi connectivity index (χ2v) is 9.30. The summed E-state index contributed by atoms with van der Waals surface area (Å²) in [7, 11) is 0. The quantitative estimate of drug-likeness (QED) is 0.165. The highest BCUT2D eigenvalue weighted by molar-refractivity contribution is 8.27. The maximum Gasteiger partial charge on any atom is 0.338 e. The molecule has 0 aliphatic carbocycles. The lowest BCUT2D eigenvalue weighted by Gasteiger charge is -2.14. The average molecular weight is 478 g/mol. The molecule has 5 nitrogen and oxygen atoms in total. The molecule has 3 aromatic rings. The molecule has 2 aromatic carbocycles. The molecule has 7 heteroatoms. The van der Waals surface area contributed by atoms with Crippen LogP contribution in [-0.4, -0.2) is 22.8 Å². The Morgan fingerprint density at radius 3 is 2.52 bits per heavy atom. The van der Waals surface area contributed by atoms with Gasteiger partial charge in [-0.2, -0.15) is 0 Å². The van der Waals surface area contributed by atoms with Gasteiger partial charge in [-0.05, 0) is 49.7 Å². The van der Waals surface area contributed by atoms with E-state index in [-0.39, 0.29) is 11.9 Å². The van der Waals surface area contributed by atoms with Crippen molar-refractivity contribution in [1.29, 1.82) is 0 Å². The summed E-state index contributed by atoms with van der Waals surface area (Å²) in [5.41, 5.74) is 3.19. The SMILES string of the molecule is CCCCOC(=O)c1ccc(-c2ccc(/C=C3/SC(=S)N(c4ccc(C)cc4)C3=O)o2)cc1. The number of hydrogen-bond acceptors (Lipinski definition) is 6. The van der Waals surface area contributed by atoms with Gasteiger partial charge in [0.2, 0.25) is 0 Å². The van der Waals surface area contributed by atoms with Crippen LogP contribution in [-0.2, 0) is 9.53 Å². The summed E-state index contributed by atoms with van der Waals surface area (Å²) in [6, 6.07) is 18.4. The topological polar surface area (TPSA) is 59.8 Å². The number of aryl methyl sites for hydroxylation is 1. The largest absolute Gasteiger partial charge is 0.462 e. The standard InChI is InChI=1S/C26H23NO4S2/c1-3-4-15-30-25(29)19-9-7-18(8-10-19)22-14-13-21(31-22)16-23-24(28)27(26(32)33-23)20-11-5-17(2)6-12-20/h5-14,16H,3-4,15H2,1-2H3/b23-16+. The lowest BCUT2D eigenvalue weighted by atomic mass is 10.1. The maximum absolute atomic E-state index is 12.9. The molecule has 0 unspecified atom stereocenters. The van der Waals surface area contributed by atoms with E-state index in [2.05, 4.69) is 0 Å². The van der Waals surface area contributed by atoms with Crippen LogP contribution < -0.4 is 4.90 Å². The lowest BCUT2D eigenvalue weighted by Crippen LogP contribution is -2.27. The smallest absolute Gasteiger partial charge is 0.338 e. The molecular formula is C26H23NO4S2. The Labute approximate surface area is 202 Å². The number of rotatable bonds is 7. The van der Waals surface area contributed by atoms with Crippen LogP contribution in [0.25, 0.3) is 17.4 Å². The first kappa shape index (κ1) is 23.0. The molecule has 168 valence electrons. The van der Waals surface area contributed by atoms with E-state index in [4.69, 9.17) is 21.4 Å². The third-order valence-corrected chi connectivity index (χ3v) is 6.42. The van der Waals surface area contributed by atoms with Crippen molar-refractivity contribution in [3.8, 4) is 11.3 Å². The van der Waals surface area contributed by atoms with Crippen molar-refractivity contribution in [2.45, 2.75) is 26.7 Å². The summed E-state index contributed by atoms with van der Waals surface area (Å²) in [6.45, 7) is 4.47. The highest BCUT2D eigenvalue weighted by Crippen LogP contribution is 2.36. The molecule has 1 saturated heterocycles. The number of nitrogens with zero attached hydrogens (tertiary/aromatic N) is 1. The van der Waals surface area contributed by atoms with E-state index in [9.17, 15) is 9.59 Å². The third kappa shape index (κ3) is 5.26. The number of thiocarbonyl (C=S) groups is 1. The Balaban J connectivity index is 1.47. The number of hydrogen-bond donors (Lipinski definition) is 0. The van der Waals surface area contributed by atoms with E-state index >= 15 is 0 Å². The highest BCUT2D eigenvalue weighted by atomic mass is 32.2. The van der Waals surface area contributed by atoms with Crippen LogP contribution in [0.1, 0.15) is 41.4 Å². The van der Waals surface area contributed by atoms with Crippen molar-refractivity contribution in [3.63, 3.8) is 0 Å². The van der Waals surface area contributed by atoms with Gasteiger partial charge in [0.25, 0.3) is 5.91 Å². The van der Waals surface area contributed by atoms with Crippen molar-refractivity contribution < 1.29 is 18.7 Å². The number of amides is 1. The molecule has 0 saturated carbocycles. The molecule has 0 N–H and O–H groups in total. The van der Waals surface area contributed by atoms with Crippen LogP contribution in [0, 0.1) is 6.92 Å². The van der Waals surface area contributed by atoms with Crippen molar-refractivity contribution in [2.75, 3.05) is 11.5 Å². The molecule has 0 bridgehead atoms. The van der Waals surface area contributed by atoms with Crippen LogP contribution in [0.3, 0.4) is 0 Å². The van der Waals surface area contributed by atoms with Gasteiger partial charge in [0, 0.05) is 11.6 Å². The molecule has 0 radical (unpaired) electrons. The van der Waals surface area contributed by atoms with E-state index in [0.717, 1.165) is 29.7 Å². The monoisotopic (exact) mass is 477 g/mol. The summed E-state index contributed by atoms with van der Waals surface area (Å²) in [5.74, 6) is 0.696. The van der Waals surface area contributed by atoms with Crippen molar-refractivity contribution in [3.05, 3.63) is 82.5 Å². The van der Waals surface area contributed by atoms with E-state index in [0.29, 0.717) is 32.9 Å². The van der Waals surface area contributed by atoms with Crippen molar-refractivity contribution in [1.82, 2.24) is 0 Å². The predicted octanol–water partition coefficient (Wildman–Crippen LogP) is 6.62. The predicted molar refractivity (Wildman–Crippen MR) is 136 cm³/mol. The third-order valence-electron chi connectivity index (χ3n) is 5.12. The molecule has 0 spiro atoms. The van der Waals surface area contributed by atoms with Gasteiger partial charge in [-0.15, -0.1) is 0 Å². The fraction of sp³-hybridized carbons (Fsp3) is 0.192. The number of unbranched alkanes of at least 4 members (excludes halogenated alkanes) is 1. The Kier molecular flexibility index (Phi) is 7.11. The second-order valence-electron chi connectivity index (χ2n) is 7.62. The second kappa shape index (κ2) is 10.2. The first-order valence-corrected chi connectivity index (χ1v) is 11.9. The van der Waals surface area contributed by atoms with E-state index < -0.39 is 0 Å². The Bertz CT molecular complexity index is 1210. The molecule has 33 heavy (non-hydrogen) atoms. The van der Waals surface area contributed by atoms with Gasteiger partial charge in [-0.25, -0.2) is 4.79 Å². The van der Waals surface area contributed by atoms with Gasteiger partial charge >= 0.3 is 5.97 Å². The molecule has 4 rings (SSSR count). The van der Waals surface area contributed by atoms with Gasteiger partial charge in [-0.1, -0.05) is 67.2 Å². The number of carbonyl (C=O) groups is 2. The highest BCUT2D eigenvalue weighted by Gasteiger charge is 2.33. The minimum atomic E-state index is -0.328. The number of carbonyl (C=O) groups excluding carboxylic acids is 2. The number of esters is 1. The van der Waals surface area contributed by atoms with Crippen LogP contribution in [0.2, 0.25) is 0 Å². The zero-order valence-electron chi connectivity index (χ0n) is 18.4. The summed E-state index contributed by atoms with van der Waals surface area (Å²) < 4.78 is 11.7. The summed E-state index contributed by atoms with van der Waals surface area (Å²) >= 11 is 6.68. The first-order chi connectivity index (χ1) is 16.0. The van der Waals surface area contributed by atoms with Crippen LogP contribution >= 0.6 is 24.0 Å². The molecule has 1 amide bonds. The van der Waals surface area contributed by atoms with Crippen molar-refractivity contribution in [2.24, 2.45) is 0 Å². The lowest BCUT2D eigenvalue weighted by molar-refractivity contribution is -0.113. The Morgan fingerprint density at radius 2 is 1.82 bits per heavy atom. The molecule has 0 atom stereocenters.